The zero-order valence-electron chi connectivity index (χ0n) is 26.3. The van der Waals surface area contributed by atoms with Crippen LogP contribution < -0.4 is 4.31 Å². The van der Waals surface area contributed by atoms with E-state index in [1.165, 1.54) is 9.21 Å². The summed E-state index contributed by atoms with van der Waals surface area (Å²) in [6.07, 6.45) is 1.17. The average Bonchev–Trinajstić information content (AvgIpc) is 3.57. The summed E-state index contributed by atoms with van der Waals surface area (Å²) < 4.78 is 42.5. The summed E-state index contributed by atoms with van der Waals surface area (Å²) in [5, 5.41) is 0. The number of rotatable bonds is 7. The van der Waals surface area contributed by atoms with E-state index in [-0.39, 0.29) is 35.0 Å². The molecule has 0 radical (unpaired) electrons. The molecule has 44 heavy (non-hydrogen) atoms. The molecule has 2 bridgehead atoms. The molecule has 0 spiro atoms. The van der Waals surface area contributed by atoms with Crippen LogP contribution in [-0.4, -0.2) is 61.5 Å². The standard InChI is InChI=1S/C34H42N2O7S/c1-7-42-30(38)34-26(14-11-15-27(34)37)35(34)31(39)43-29-28(25-16-17-33(29,6)32(25,4)5)36(23-19-21(2)18-22(3)20-23)44(40,41)24-12-9-8-10-13-24/h8-10,12-13,18-20,25-26,28-29H,7,11,14-17H2,1-6H3/t25-,26?,28-,29-,33+,34?,35?/m1/s1. The second-order valence-electron chi connectivity index (χ2n) is 13.7. The molecule has 6 rings (SSSR count). The van der Waals surface area contributed by atoms with E-state index in [4.69, 9.17) is 9.47 Å². The fourth-order valence-corrected chi connectivity index (χ4v) is 10.4. The minimum Gasteiger partial charge on any atom is -0.464 e. The minimum atomic E-state index is -4.11. The molecule has 236 valence electrons. The van der Waals surface area contributed by atoms with Crippen LogP contribution >= 0.6 is 0 Å². The Hall–Kier alpha value is -3.40. The van der Waals surface area contributed by atoms with Crippen LogP contribution in [-0.2, 0) is 29.1 Å². The summed E-state index contributed by atoms with van der Waals surface area (Å²) >= 11 is 0. The molecule has 2 unspecified atom stereocenters. The summed E-state index contributed by atoms with van der Waals surface area (Å²) in [6, 6.07) is 12.7. The number of esters is 1. The molecule has 6 atom stereocenters. The number of anilines is 1. The molecule has 0 aromatic heterocycles. The van der Waals surface area contributed by atoms with Gasteiger partial charge in [-0.25, -0.2) is 18.0 Å². The van der Waals surface area contributed by atoms with Gasteiger partial charge >= 0.3 is 12.1 Å². The van der Waals surface area contributed by atoms with E-state index in [2.05, 4.69) is 20.8 Å². The van der Waals surface area contributed by atoms with Crippen molar-refractivity contribution in [1.82, 2.24) is 4.90 Å². The van der Waals surface area contributed by atoms with Crippen LogP contribution in [0.1, 0.15) is 70.9 Å². The fraction of sp³-hybridized carbons (Fsp3) is 0.559. The molecule has 3 aliphatic carbocycles. The summed E-state index contributed by atoms with van der Waals surface area (Å²) in [5.41, 5.74) is -0.256. The molecule has 1 amide bonds. The fourth-order valence-electron chi connectivity index (χ4n) is 8.68. The van der Waals surface area contributed by atoms with Crippen molar-refractivity contribution in [3.8, 4) is 0 Å². The van der Waals surface area contributed by atoms with Crippen LogP contribution in [0.3, 0.4) is 0 Å². The minimum absolute atomic E-state index is 0.0876. The van der Waals surface area contributed by atoms with Gasteiger partial charge in [0, 0.05) is 11.8 Å². The van der Waals surface area contributed by atoms with E-state index in [9.17, 15) is 22.8 Å². The van der Waals surface area contributed by atoms with Crippen molar-refractivity contribution in [2.45, 2.75) is 102 Å². The van der Waals surface area contributed by atoms with Crippen LogP contribution in [0, 0.1) is 30.6 Å². The van der Waals surface area contributed by atoms with E-state index < -0.39 is 51.2 Å². The smallest absolute Gasteiger partial charge is 0.411 e. The predicted octanol–water partition coefficient (Wildman–Crippen LogP) is 5.57. The van der Waals surface area contributed by atoms with Gasteiger partial charge < -0.3 is 9.47 Å². The molecular formula is C34H42N2O7S. The monoisotopic (exact) mass is 622 g/mol. The van der Waals surface area contributed by atoms with E-state index in [0.717, 1.165) is 24.0 Å². The Balaban J connectivity index is 1.46. The Kier molecular flexibility index (Phi) is 7.18. The number of benzene rings is 2. The number of aryl methyl sites for hydroxylation is 2. The number of ketones is 1. The first-order chi connectivity index (χ1) is 20.7. The van der Waals surface area contributed by atoms with Crippen LogP contribution in [0.15, 0.2) is 53.4 Å². The molecule has 2 aromatic carbocycles. The zero-order valence-corrected chi connectivity index (χ0v) is 27.1. The number of sulfonamides is 1. The number of Topliss-reactive ketones (excluding diaryl/α,β-unsaturated/α-hetero) is 1. The molecule has 1 saturated heterocycles. The number of carbonyl (C=O) groups excluding carboxylic acids is 3. The van der Waals surface area contributed by atoms with Crippen molar-refractivity contribution in [3.05, 3.63) is 59.7 Å². The van der Waals surface area contributed by atoms with Crippen LogP contribution in [0.5, 0.6) is 0 Å². The number of hydrogen-bond donors (Lipinski definition) is 0. The van der Waals surface area contributed by atoms with E-state index in [1.807, 2.05) is 32.0 Å². The number of ether oxygens (including phenoxy) is 2. The normalized spacial score (nSPS) is 31.8. The van der Waals surface area contributed by atoms with E-state index in [1.54, 1.807) is 37.3 Å². The van der Waals surface area contributed by atoms with Crippen molar-refractivity contribution in [1.29, 1.82) is 0 Å². The third kappa shape index (κ3) is 4.16. The zero-order chi connectivity index (χ0) is 31.8. The maximum absolute atomic E-state index is 14.6. The lowest BCUT2D eigenvalue weighted by molar-refractivity contribution is -0.151. The molecule has 1 heterocycles. The van der Waals surface area contributed by atoms with Gasteiger partial charge in [0.2, 0.25) is 5.54 Å². The predicted molar refractivity (Wildman–Crippen MR) is 165 cm³/mol. The maximum atomic E-state index is 14.6. The maximum Gasteiger partial charge on any atom is 0.411 e. The third-order valence-electron chi connectivity index (χ3n) is 11.2. The van der Waals surface area contributed by atoms with Gasteiger partial charge in [0.15, 0.2) is 5.78 Å². The lowest BCUT2D eigenvalue weighted by atomic mass is 9.70. The van der Waals surface area contributed by atoms with Crippen LogP contribution in [0.4, 0.5) is 10.5 Å². The van der Waals surface area contributed by atoms with Crippen LogP contribution in [0.25, 0.3) is 0 Å². The highest BCUT2D eigenvalue weighted by Crippen LogP contribution is 2.68. The number of hydrogen-bond acceptors (Lipinski definition) is 7. The summed E-state index contributed by atoms with van der Waals surface area (Å²) in [4.78, 5) is 41.9. The second-order valence-corrected chi connectivity index (χ2v) is 15.5. The number of nitrogens with zero attached hydrogens (tertiary/aromatic N) is 2. The Morgan fingerprint density at radius 2 is 1.68 bits per heavy atom. The van der Waals surface area contributed by atoms with Gasteiger partial charge in [0.25, 0.3) is 10.0 Å². The van der Waals surface area contributed by atoms with E-state index in [0.29, 0.717) is 18.5 Å². The Morgan fingerprint density at radius 3 is 2.32 bits per heavy atom. The quantitative estimate of drug-likeness (QED) is 0.226. The molecule has 3 saturated carbocycles. The number of likely N-dealkylation sites (tertiary alicyclic amines) is 1. The lowest BCUT2D eigenvalue weighted by Gasteiger charge is -2.42. The summed E-state index contributed by atoms with van der Waals surface area (Å²) in [7, 11) is -4.11. The second kappa shape index (κ2) is 10.3. The van der Waals surface area contributed by atoms with Crippen molar-refractivity contribution in [2.75, 3.05) is 10.9 Å². The molecule has 9 nitrogen and oxygen atoms in total. The van der Waals surface area contributed by atoms with Crippen LogP contribution in [0.2, 0.25) is 0 Å². The van der Waals surface area contributed by atoms with Gasteiger partial charge in [0.1, 0.15) is 6.10 Å². The first-order valence-electron chi connectivity index (χ1n) is 15.6. The van der Waals surface area contributed by atoms with Crippen molar-refractivity contribution < 1.29 is 32.3 Å². The highest BCUT2D eigenvalue weighted by atomic mass is 32.2. The van der Waals surface area contributed by atoms with E-state index >= 15 is 0 Å². The largest absolute Gasteiger partial charge is 0.464 e. The van der Waals surface area contributed by atoms with Gasteiger partial charge in [-0.1, -0.05) is 45.0 Å². The first kappa shape index (κ1) is 30.6. The highest BCUT2D eigenvalue weighted by Gasteiger charge is 2.78. The van der Waals surface area contributed by atoms with Gasteiger partial charge in [-0.05, 0) is 93.2 Å². The Morgan fingerprint density at radius 1 is 1.02 bits per heavy atom. The molecular weight excluding hydrogens is 580 g/mol. The molecule has 4 aliphatic rings. The summed E-state index contributed by atoms with van der Waals surface area (Å²) in [5.74, 6) is -1.17. The molecule has 2 aromatic rings. The Bertz CT molecular complexity index is 1600. The molecule has 0 N–H and O–H groups in total. The SMILES string of the molecule is CCOC(=O)C12C(=O)CCCC1N2C(=O)O[C@@H]1[C@H](N(c2cc(C)cc(C)c2)S(=O)(=O)c2ccccc2)[C@H]2CC[C@]1(C)C2(C)C. The average molecular weight is 623 g/mol. The number of fused-ring (bicyclic) bond motifs is 3. The van der Waals surface area contributed by atoms with Gasteiger partial charge in [-0.2, -0.15) is 0 Å². The van der Waals surface area contributed by atoms with Gasteiger partial charge in [-0.3, -0.25) is 14.0 Å². The third-order valence-corrected chi connectivity index (χ3v) is 13.0. The molecule has 1 aliphatic heterocycles. The van der Waals surface area contributed by atoms with Crippen molar-refractivity contribution in [3.63, 3.8) is 0 Å². The Labute approximate surface area is 259 Å². The van der Waals surface area contributed by atoms with Gasteiger partial charge in [-0.15, -0.1) is 0 Å². The highest BCUT2D eigenvalue weighted by molar-refractivity contribution is 7.92. The van der Waals surface area contributed by atoms with Crippen molar-refractivity contribution >= 4 is 33.6 Å². The topological polar surface area (TPSA) is 110 Å². The molecule has 4 fully saturated rings. The molecule has 10 heteroatoms. The van der Waals surface area contributed by atoms with Crippen molar-refractivity contribution in [2.24, 2.45) is 16.7 Å². The summed E-state index contributed by atoms with van der Waals surface area (Å²) in [6.45, 7) is 11.9. The number of carbonyl (C=O) groups is 3. The van der Waals surface area contributed by atoms with Gasteiger partial charge in [0.05, 0.1) is 29.3 Å². The first-order valence-corrected chi connectivity index (χ1v) is 17.0. The lowest BCUT2D eigenvalue weighted by Crippen LogP contribution is -2.54. The number of amides is 1.